The lowest BCUT2D eigenvalue weighted by atomic mass is 10.0. The molecule has 0 aliphatic rings. The van der Waals surface area contributed by atoms with Gasteiger partial charge in [0.1, 0.15) is 19.3 Å². The van der Waals surface area contributed by atoms with Crippen LogP contribution in [0.3, 0.4) is 0 Å². The van der Waals surface area contributed by atoms with E-state index in [1.165, 1.54) is 116 Å². The first-order chi connectivity index (χ1) is 23.9. The molecule has 10 heteroatoms. The van der Waals surface area contributed by atoms with E-state index >= 15 is 0 Å². The van der Waals surface area contributed by atoms with E-state index in [0.717, 1.165) is 32.1 Å². The van der Waals surface area contributed by atoms with E-state index in [1.807, 2.05) is 21.1 Å². The van der Waals surface area contributed by atoms with E-state index in [9.17, 15) is 24.5 Å². The molecule has 4 atom stereocenters. The van der Waals surface area contributed by atoms with Gasteiger partial charge in [0.2, 0.25) is 5.91 Å². The van der Waals surface area contributed by atoms with Gasteiger partial charge in [-0.1, -0.05) is 148 Å². The molecule has 0 radical (unpaired) electrons. The molecule has 0 bridgehead atoms. The van der Waals surface area contributed by atoms with Crippen molar-refractivity contribution in [2.24, 2.45) is 0 Å². The third-order valence-corrected chi connectivity index (χ3v) is 10.3. The highest BCUT2D eigenvalue weighted by Gasteiger charge is 2.31. The van der Waals surface area contributed by atoms with Crippen LogP contribution in [0.25, 0.3) is 0 Å². The van der Waals surface area contributed by atoms with E-state index in [4.69, 9.17) is 9.05 Å². The topological polar surface area (TPSA) is 125 Å². The minimum atomic E-state index is -4.41. The monoisotopic (exact) mass is 734 g/mol. The number of hydrogen-bond acceptors (Lipinski definition) is 6. The number of aliphatic hydroxyl groups excluding tert-OH is 2. The maximum Gasteiger partial charge on any atom is 0.472 e. The Morgan fingerprint density at radius 3 is 1.60 bits per heavy atom. The number of unbranched alkanes of at least 4 members (excludes halogenated alkanes) is 21. The lowest BCUT2D eigenvalue weighted by molar-refractivity contribution is -0.870. The van der Waals surface area contributed by atoms with E-state index < -0.39 is 32.7 Å². The SMILES string of the molecule is CCCCCCCCC/C=C/CCCC(O)C(O)C(COP(=O)(O)OCC[N+](C)(C)C)NC(=O)CCCCCCCCCCCCCCCC. The van der Waals surface area contributed by atoms with Gasteiger partial charge in [0.25, 0.3) is 0 Å². The molecule has 0 aromatic heterocycles. The Hall–Kier alpha value is -0.800. The summed E-state index contributed by atoms with van der Waals surface area (Å²) in [5, 5.41) is 24.6. The minimum Gasteiger partial charge on any atom is -0.390 e. The number of aliphatic hydroxyl groups is 2. The number of carbonyl (C=O) groups excluding carboxylic acids is 1. The average molecular weight is 734 g/mol. The zero-order valence-electron chi connectivity index (χ0n) is 33.3. The molecule has 0 aliphatic heterocycles. The first-order valence-electron chi connectivity index (χ1n) is 20.6. The summed E-state index contributed by atoms with van der Waals surface area (Å²) in [4.78, 5) is 23.1. The molecule has 0 heterocycles. The van der Waals surface area contributed by atoms with Crippen molar-refractivity contribution in [3.05, 3.63) is 12.2 Å². The predicted molar refractivity (Wildman–Crippen MR) is 209 cm³/mol. The maximum absolute atomic E-state index is 12.8. The van der Waals surface area contributed by atoms with Crippen LogP contribution in [0.15, 0.2) is 12.2 Å². The molecule has 0 aromatic carbocycles. The van der Waals surface area contributed by atoms with Crippen LogP contribution < -0.4 is 5.32 Å². The molecule has 9 nitrogen and oxygen atoms in total. The Balaban J connectivity index is 4.59. The van der Waals surface area contributed by atoms with Crippen molar-refractivity contribution in [3.63, 3.8) is 0 Å². The van der Waals surface area contributed by atoms with Gasteiger partial charge in [-0.2, -0.15) is 0 Å². The Kier molecular flexibility index (Phi) is 32.3. The van der Waals surface area contributed by atoms with Crippen molar-refractivity contribution >= 4 is 13.7 Å². The van der Waals surface area contributed by atoms with E-state index in [-0.39, 0.29) is 18.9 Å². The lowest BCUT2D eigenvalue weighted by Crippen LogP contribution is -2.51. The number of phosphoric acid groups is 1. The van der Waals surface area contributed by atoms with Crippen LogP contribution in [-0.4, -0.2) is 84.6 Å². The van der Waals surface area contributed by atoms with Crippen LogP contribution in [0.1, 0.15) is 181 Å². The van der Waals surface area contributed by atoms with Crippen LogP contribution in [0.2, 0.25) is 0 Å². The molecular formula is C40H82N2O7P+. The summed E-state index contributed by atoms with van der Waals surface area (Å²) in [5.74, 6) is -0.268. The average Bonchev–Trinajstić information content (AvgIpc) is 3.06. The molecule has 4 unspecified atom stereocenters. The zero-order valence-corrected chi connectivity index (χ0v) is 34.2. The molecule has 0 aromatic rings. The van der Waals surface area contributed by atoms with Gasteiger partial charge in [0.15, 0.2) is 0 Å². The molecule has 298 valence electrons. The summed E-state index contributed by atoms with van der Waals surface area (Å²) in [6.07, 6.45) is 31.3. The number of likely N-dealkylation sites (N-methyl/N-ethyl adjacent to an activating group) is 1. The van der Waals surface area contributed by atoms with E-state index in [2.05, 4.69) is 31.3 Å². The third kappa shape index (κ3) is 33.1. The fourth-order valence-electron chi connectivity index (χ4n) is 5.97. The highest BCUT2D eigenvalue weighted by atomic mass is 31.2. The summed E-state index contributed by atoms with van der Waals surface area (Å²) in [6, 6.07) is -1.04. The fourth-order valence-corrected chi connectivity index (χ4v) is 6.70. The van der Waals surface area contributed by atoms with Crippen molar-refractivity contribution in [1.29, 1.82) is 0 Å². The smallest absolute Gasteiger partial charge is 0.390 e. The third-order valence-electron chi connectivity index (χ3n) is 9.36. The number of rotatable bonds is 37. The molecule has 0 saturated carbocycles. The maximum atomic E-state index is 12.8. The van der Waals surface area contributed by atoms with Gasteiger partial charge in [0, 0.05) is 6.42 Å². The number of allylic oxidation sites excluding steroid dienone is 2. The van der Waals surface area contributed by atoms with Gasteiger partial charge in [-0.25, -0.2) is 4.57 Å². The second kappa shape index (κ2) is 32.8. The quantitative estimate of drug-likeness (QED) is 0.0217. The van der Waals surface area contributed by atoms with Gasteiger partial charge >= 0.3 is 7.82 Å². The molecule has 0 saturated heterocycles. The number of hydrogen-bond donors (Lipinski definition) is 4. The number of nitrogens with zero attached hydrogens (tertiary/aromatic N) is 1. The van der Waals surface area contributed by atoms with Crippen LogP contribution >= 0.6 is 7.82 Å². The minimum absolute atomic E-state index is 0.0189. The molecular weight excluding hydrogens is 651 g/mol. The summed E-state index contributed by atoms with van der Waals surface area (Å²) >= 11 is 0. The predicted octanol–water partition coefficient (Wildman–Crippen LogP) is 9.77. The van der Waals surface area contributed by atoms with Crippen molar-refractivity contribution in [3.8, 4) is 0 Å². The molecule has 4 N–H and O–H groups in total. The number of phosphoric ester groups is 1. The van der Waals surface area contributed by atoms with Crippen molar-refractivity contribution < 1.29 is 38.0 Å². The number of quaternary nitrogens is 1. The van der Waals surface area contributed by atoms with Crippen LogP contribution in [0.5, 0.6) is 0 Å². The van der Waals surface area contributed by atoms with Gasteiger partial charge in [-0.05, 0) is 38.5 Å². The largest absolute Gasteiger partial charge is 0.472 e. The summed E-state index contributed by atoms with van der Waals surface area (Å²) in [5.41, 5.74) is 0. The summed E-state index contributed by atoms with van der Waals surface area (Å²) in [7, 11) is 1.42. The normalized spacial score (nSPS) is 15.3. The van der Waals surface area contributed by atoms with Gasteiger partial charge in [-0.15, -0.1) is 0 Å². The van der Waals surface area contributed by atoms with Crippen LogP contribution in [0.4, 0.5) is 0 Å². The Morgan fingerprint density at radius 2 is 1.12 bits per heavy atom. The molecule has 0 aliphatic carbocycles. The zero-order chi connectivity index (χ0) is 37.4. The Labute approximate surface area is 308 Å². The molecule has 1 amide bonds. The van der Waals surface area contributed by atoms with Crippen molar-refractivity contribution in [1.82, 2.24) is 5.32 Å². The Morgan fingerprint density at radius 1 is 0.680 bits per heavy atom. The van der Waals surface area contributed by atoms with Crippen LogP contribution in [-0.2, 0) is 18.4 Å². The van der Waals surface area contributed by atoms with Crippen molar-refractivity contribution in [2.75, 3.05) is 40.9 Å². The fraction of sp³-hybridized carbons (Fsp3) is 0.925. The standard InChI is InChI=1S/C40H81N2O7P/c1-6-8-10-12-14-16-18-20-21-23-25-27-29-31-33-39(44)41-37(36-49-50(46,47)48-35-34-42(3,4)5)40(45)38(43)32-30-28-26-24-22-19-17-15-13-11-9-7-2/h24,26,37-38,40,43,45H,6-23,25,27-36H2,1-5H3,(H-,41,44,46,47)/p+1/b26-24+. The summed E-state index contributed by atoms with van der Waals surface area (Å²) in [6.45, 7) is 4.56. The molecule has 0 fully saturated rings. The summed E-state index contributed by atoms with van der Waals surface area (Å²) < 4.78 is 23.4. The first kappa shape index (κ1) is 49.2. The number of amides is 1. The Bertz CT molecular complexity index is 852. The number of nitrogens with one attached hydrogen (secondary N) is 1. The molecule has 0 rings (SSSR count). The van der Waals surface area contributed by atoms with Gasteiger partial charge in [0.05, 0.1) is 39.9 Å². The van der Waals surface area contributed by atoms with Gasteiger partial charge < -0.3 is 24.9 Å². The lowest BCUT2D eigenvalue weighted by Gasteiger charge is -2.28. The second-order valence-corrected chi connectivity index (χ2v) is 17.0. The van der Waals surface area contributed by atoms with E-state index in [1.54, 1.807) is 0 Å². The number of carbonyl (C=O) groups is 1. The van der Waals surface area contributed by atoms with Crippen LogP contribution in [0, 0.1) is 0 Å². The van der Waals surface area contributed by atoms with E-state index in [0.29, 0.717) is 23.9 Å². The second-order valence-electron chi connectivity index (χ2n) is 15.5. The highest BCUT2D eigenvalue weighted by Crippen LogP contribution is 2.43. The van der Waals surface area contributed by atoms with Crippen molar-refractivity contribution in [2.45, 2.75) is 199 Å². The molecule has 50 heavy (non-hydrogen) atoms. The van der Waals surface area contributed by atoms with Gasteiger partial charge in [-0.3, -0.25) is 13.8 Å². The first-order valence-corrected chi connectivity index (χ1v) is 22.1. The molecule has 0 spiro atoms. The highest BCUT2D eigenvalue weighted by molar-refractivity contribution is 7.47.